The van der Waals surface area contributed by atoms with Gasteiger partial charge in [0, 0.05) is 28.9 Å². The Morgan fingerprint density at radius 2 is 1.54 bits per heavy atom. The molecule has 5 rings (SSSR count). The fraction of sp³-hybridized carbons (Fsp3) is 0.333. The Hall–Kier alpha value is -3.66. The lowest BCUT2D eigenvalue weighted by Crippen LogP contribution is -2.20. The van der Waals surface area contributed by atoms with Gasteiger partial charge in [-0.05, 0) is 80.0 Å². The second-order valence-corrected chi connectivity index (χ2v) is 11.6. The summed E-state index contributed by atoms with van der Waals surface area (Å²) in [6, 6.07) is 19.3. The third-order valence-corrected chi connectivity index (χ3v) is 7.71. The molecule has 0 atom stereocenters. The number of rotatable bonds is 4. The number of carbonyl (C=O) groups is 1. The van der Waals surface area contributed by atoms with E-state index in [0.717, 1.165) is 46.9 Å². The van der Waals surface area contributed by atoms with Crippen LogP contribution in [-0.2, 0) is 18.5 Å². The monoisotopic (exact) mass is 491 g/mol. The third-order valence-electron chi connectivity index (χ3n) is 7.71. The Kier molecular flexibility index (Phi) is 6.10. The van der Waals surface area contributed by atoms with Crippen molar-refractivity contribution in [3.63, 3.8) is 0 Å². The molecule has 4 nitrogen and oxygen atoms in total. The van der Waals surface area contributed by atoms with Gasteiger partial charge in [-0.3, -0.25) is 4.79 Å². The Morgan fingerprint density at radius 3 is 2.16 bits per heavy atom. The van der Waals surface area contributed by atoms with E-state index in [2.05, 4.69) is 101 Å². The Bertz CT molecular complexity index is 1510. The SMILES string of the molecule is CC(=O)c1ccc(-c2c3c(nn2-c2c(C)cccc2C)CN(c2cc(C(C)(C)C)ccc2C)C3)c(C)c1. The van der Waals surface area contributed by atoms with E-state index < -0.39 is 0 Å². The van der Waals surface area contributed by atoms with Crippen LogP contribution in [0.25, 0.3) is 16.9 Å². The van der Waals surface area contributed by atoms with Gasteiger partial charge in [-0.25, -0.2) is 4.68 Å². The average molecular weight is 492 g/mol. The van der Waals surface area contributed by atoms with Crippen molar-refractivity contribution in [1.29, 1.82) is 0 Å². The first-order chi connectivity index (χ1) is 17.5. The number of nitrogens with zero attached hydrogens (tertiary/aromatic N) is 3. The summed E-state index contributed by atoms with van der Waals surface area (Å²) in [6.07, 6.45) is 0. The standard InChI is InChI=1S/C33H37N3O/c1-20-12-14-26(33(6,7)8)17-30(20)35-18-28-29(19-35)34-36(31-21(2)10-9-11-22(31)3)32(28)27-15-13-25(24(5)37)16-23(27)4/h9-17H,18-19H2,1-8H3. The van der Waals surface area contributed by atoms with E-state index in [1.54, 1.807) is 6.92 Å². The van der Waals surface area contributed by atoms with Gasteiger partial charge in [0.25, 0.3) is 0 Å². The van der Waals surface area contributed by atoms with Crippen molar-refractivity contribution in [3.8, 4) is 16.9 Å². The third kappa shape index (κ3) is 4.39. The summed E-state index contributed by atoms with van der Waals surface area (Å²) in [6.45, 7) is 18.6. The molecule has 0 amide bonds. The van der Waals surface area contributed by atoms with Gasteiger partial charge in [-0.1, -0.05) is 63.2 Å². The van der Waals surface area contributed by atoms with Gasteiger partial charge in [-0.15, -0.1) is 0 Å². The predicted molar refractivity (Wildman–Crippen MR) is 153 cm³/mol. The number of hydrogen-bond donors (Lipinski definition) is 0. The van der Waals surface area contributed by atoms with E-state index in [1.807, 2.05) is 12.1 Å². The predicted octanol–water partition coefficient (Wildman–Crippen LogP) is 7.79. The first-order valence-electron chi connectivity index (χ1n) is 13.1. The molecule has 2 heterocycles. The number of aryl methyl sites for hydroxylation is 4. The molecule has 0 fully saturated rings. The van der Waals surface area contributed by atoms with Crippen molar-refractivity contribution in [1.82, 2.24) is 9.78 Å². The van der Waals surface area contributed by atoms with E-state index in [4.69, 9.17) is 5.10 Å². The molecule has 0 radical (unpaired) electrons. The molecule has 0 N–H and O–H groups in total. The topological polar surface area (TPSA) is 38.1 Å². The van der Waals surface area contributed by atoms with Crippen LogP contribution in [0.4, 0.5) is 5.69 Å². The van der Waals surface area contributed by atoms with E-state index >= 15 is 0 Å². The zero-order chi connectivity index (χ0) is 26.6. The molecule has 4 heteroatoms. The van der Waals surface area contributed by atoms with E-state index in [-0.39, 0.29) is 11.2 Å². The van der Waals surface area contributed by atoms with Gasteiger partial charge < -0.3 is 4.90 Å². The maximum atomic E-state index is 12.1. The highest BCUT2D eigenvalue weighted by Gasteiger charge is 2.31. The van der Waals surface area contributed by atoms with Gasteiger partial charge in [0.15, 0.2) is 5.78 Å². The average Bonchev–Trinajstić information content (AvgIpc) is 3.36. The van der Waals surface area contributed by atoms with Crippen LogP contribution in [0.15, 0.2) is 54.6 Å². The second kappa shape index (κ2) is 9.02. The van der Waals surface area contributed by atoms with Crippen LogP contribution in [0.3, 0.4) is 0 Å². The highest BCUT2D eigenvalue weighted by atomic mass is 16.1. The zero-order valence-corrected chi connectivity index (χ0v) is 23.4. The van der Waals surface area contributed by atoms with Crippen LogP contribution >= 0.6 is 0 Å². The van der Waals surface area contributed by atoms with Gasteiger partial charge in [0.2, 0.25) is 0 Å². The van der Waals surface area contributed by atoms with Crippen LogP contribution in [0, 0.1) is 27.7 Å². The van der Waals surface area contributed by atoms with Gasteiger partial charge >= 0.3 is 0 Å². The van der Waals surface area contributed by atoms with E-state index in [1.165, 1.54) is 33.5 Å². The maximum absolute atomic E-state index is 12.1. The zero-order valence-electron chi connectivity index (χ0n) is 23.4. The fourth-order valence-corrected chi connectivity index (χ4v) is 5.53. The lowest BCUT2D eigenvalue weighted by molar-refractivity contribution is 0.101. The van der Waals surface area contributed by atoms with Crippen molar-refractivity contribution in [2.24, 2.45) is 0 Å². The Labute approximate surface area is 221 Å². The van der Waals surface area contributed by atoms with Crippen LogP contribution in [0.2, 0.25) is 0 Å². The van der Waals surface area contributed by atoms with Gasteiger partial charge in [-0.2, -0.15) is 5.10 Å². The smallest absolute Gasteiger partial charge is 0.159 e. The number of carbonyl (C=O) groups excluding carboxylic acids is 1. The first kappa shape index (κ1) is 25.0. The number of Topliss-reactive ketones (excluding diaryl/α,β-unsaturated/α-hetero) is 1. The van der Waals surface area contributed by atoms with Crippen molar-refractivity contribution in [2.45, 2.75) is 73.9 Å². The molecule has 190 valence electrons. The number of hydrogen-bond acceptors (Lipinski definition) is 3. The van der Waals surface area contributed by atoms with Crippen molar-refractivity contribution in [3.05, 3.63) is 99.2 Å². The molecule has 0 saturated carbocycles. The van der Waals surface area contributed by atoms with Gasteiger partial charge in [0.1, 0.15) is 0 Å². The largest absolute Gasteiger partial charge is 0.361 e. The molecule has 0 saturated heterocycles. The summed E-state index contributed by atoms with van der Waals surface area (Å²) in [5.41, 5.74) is 14.0. The number of ketones is 1. The van der Waals surface area contributed by atoms with E-state index in [0.29, 0.717) is 0 Å². The second-order valence-electron chi connectivity index (χ2n) is 11.6. The van der Waals surface area contributed by atoms with Crippen molar-refractivity contribution < 1.29 is 4.79 Å². The number of aromatic nitrogens is 2. The summed E-state index contributed by atoms with van der Waals surface area (Å²) in [5, 5.41) is 5.24. The number of anilines is 1. The molecule has 4 aromatic rings. The van der Waals surface area contributed by atoms with Crippen LogP contribution < -0.4 is 4.90 Å². The summed E-state index contributed by atoms with van der Waals surface area (Å²) < 4.78 is 2.15. The molecule has 0 aliphatic carbocycles. The molecule has 0 spiro atoms. The first-order valence-corrected chi connectivity index (χ1v) is 13.1. The molecular formula is C33H37N3O. The molecule has 1 aliphatic rings. The lowest BCUT2D eigenvalue weighted by Gasteiger charge is -2.26. The van der Waals surface area contributed by atoms with Crippen LogP contribution in [-0.4, -0.2) is 15.6 Å². The lowest BCUT2D eigenvalue weighted by atomic mass is 9.86. The number of fused-ring (bicyclic) bond motifs is 1. The fourth-order valence-electron chi connectivity index (χ4n) is 5.53. The molecule has 0 bridgehead atoms. The molecular weight excluding hydrogens is 454 g/mol. The maximum Gasteiger partial charge on any atom is 0.159 e. The van der Waals surface area contributed by atoms with Crippen LogP contribution in [0.1, 0.15) is 77.1 Å². The quantitative estimate of drug-likeness (QED) is 0.273. The molecule has 3 aromatic carbocycles. The van der Waals surface area contributed by atoms with E-state index in [9.17, 15) is 4.79 Å². The molecule has 1 aromatic heterocycles. The molecule has 1 aliphatic heterocycles. The Morgan fingerprint density at radius 1 is 0.838 bits per heavy atom. The minimum absolute atomic E-state index is 0.0866. The highest BCUT2D eigenvalue weighted by Crippen LogP contribution is 2.40. The summed E-state index contributed by atoms with van der Waals surface area (Å²) in [4.78, 5) is 14.5. The Balaban J connectivity index is 1.68. The number of para-hydroxylation sites is 1. The highest BCUT2D eigenvalue weighted by molar-refractivity contribution is 5.95. The van der Waals surface area contributed by atoms with Gasteiger partial charge in [0.05, 0.1) is 23.6 Å². The van der Waals surface area contributed by atoms with Crippen molar-refractivity contribution in [2.75, 3.05) is 4.90 Å². The minimum atomic E-state index is 0.0866. The summed E-state index contributed by atoms with van der Waals surface area (Å²) in [5.74, 6) is 0.0866. The minimum Gasteiger partial charge on any atom is -0.361 e. The normalized spacial score (nSPS) is 13.2. The molecule has 37 heavy (non-hydrogen) atoms. The number of benzene rings is 3. The van der Waals surface area contributed by atoms with Crippen molar-refractivity contribution >= 4 is 11.5 Å². The summed E-state index contributed by atoms with van der Waals surface area (Å²) >= 11 is 0. The summed E-state index contributed by atoms with van der Waals surface area (Å²) in [7, 11) is 0. The van der Waals surface area contributed by atoms with Crippen LogP contribution in [0.5, 0.6) is 0 Å². The molecule has 0 unspecified atom stereocenters.